The van der Waals surface area contributed by atoms with E-state index in [1.807, 2.05) is 115 Å². The third kappa shape index (κ3) is 4.45. The Morgan fingerprint density at radius 1 is 0.400 bits per heavy atom. The van der Waals surface area contributed by atoms with E-state index in [2.05, 4.69) is 0 Å². The van der Waals surface area contributed by atoms with E-state index in [1.165, 1.54) is 12.1 Å². The van der Waals surface area contributed by atoms with Gasteiger partial charge in [0, 0.05) is 38.4 Å². The van der Waals surface area contributed by atoms with E-state index in [-0.39, 0.29) is 92.4 Å². The van der Waals surface area contributed by atoms with Crippen molar-refractivity contribution < 1.29 is 11.0 Å². The van der Waals surface area contributed by atoms with Crippen molar-refractivity contribution in [1.82, 2.24) is 24.1 Å². The number of benzene rings is 7. The molecule has 0 radical (unpaired) electrons. The first-order chi connectivity index (χ1) is 28.1. The highest BCUT2D eigenvalue weighted by atomic mass is 15.2. The van der Waals surface area contributed by atoms with Crippen LogP contribution in [0.25, 0.3) is 89.2 Å². The lowest BCUT2D eigenvalue weighted by Gasteiger charge is -2.13. The van der Waals surface area contributed by atoms with Gasteiger partial charge in [-0.3, -0.25) is 4.57 Å². The average molecular weight is 648 g/mol. The summed E-state index contributed by atoms with van der Waals surface area (Å²) in [6.07, 6.45) is 0. The van der Waals surface area contributed by atoms with Crippen LogP contribution >= 0.6 is 0 Å². The number of nitrogens with zero attached hydrogens (tertiary/aromatic N) is 5. The second-order valence-electron chi connectivity index (χ2n) is 11.9. The van der Waals surface area contributed by atoms with E-state index < -0.39 is 0 Å². The largest absolute Gasteiger partial charge is 0.307 e. The minimum Gasteiger partial charge on any atom is -0.307 e. The molecule has 50 heavy (non-hydrogen) atoms. The van der Waals surface area contributed by atoms with Crippen molar-refractivity contribution in [2.24, 2.45) is 0 Å². The fraction of sp³-hybridized carbons (Fsp3) is 0. The molecular formula is C45H29N5. The Labute approximate surface area is 299 Å². The maximum Gasteiger partial charge on any atom is 0.238 e. The molecule has 0 aliphatic carbocycles. The van der Waals surface area contributed by atoms with Crippen molar-refractivity contribution >= 4 is 43.6 Å². The summed E-state index contributed by atoms with van der Waals surface area (Å²) in [5, 5.41) is 0.542. The van der Waals surface area contributed by atoms with Crippen LogP contribution in [0.15, 0.2) is 176 Å². The summed E-state index contributed by atoms with van der Waals surface area (Å²) in [5.74, 6) is 0.690. The van der Waals surface area contributed by atoms with Crippen molar-refractivity contribution in [2.75, 3.05) is 0 Å². The second kappa shape index (κ2) is 11.4. The molecule has 5 heteroatoms. The van der Waals surface area contributed by atoms with Gasteiger partial charge in [0.05, 0.1) is 33.0 Å². The molecule has 0 bridgehead atoms. The topological polar surface area (TPSA) is 48.5 Å². The molecule has 3 heterocycles. The normalized spacial score (nSPS) is 13.8. The van der Waals surface area contributed by atoms with E-state index in [0.29, 0.717) is 34.0 Å². The summed E-state index contributed by atoms with van der Waals surface area (Å²) in [5.41, 5.74) is 4.86. The number of fused-ring (bicyclic) bond motifs is 7. The molecule has 0 amide bonds. The number of para-hydroxylation sites is 3. The smallest absolute Gasteiger partial charge is 0.238 e. The first-order valence-corrected chi connectivity index (χ1v) is 16.1. The van der Waals surface area contributed by atoms with Gasteiger partial charge in [-0.1, -0.05) is 145 Å². The monoisotopic (exact) mass is 647 g/mol. The van der Waals surface area contributed by atoms with E-state index in [0.717, 1.165) is 11.1 Å². The molecule has 0 spiro atoms. The molecule has 5 nitrogen and oxygen atoms in total. The summed E-state index contributed by atoms with van der Waals surface area (Å²) < 4.78 is 76.6. The van der Waals surface area contributed by atoms with Gasteiger partial charge in [0.1, 0.15) is 0 Å². The zero-order valence-electron chi connectivity index (χ0n) is 34.4. The van der Waals surface area contributed by atoms with Crippen LogP contribution in [0.3, 0.4) is 0 Å². The molecule has 3 aromatic heterocycles. The number of rotatable bonds is 5. The Morgan fingerprint density at radius 2 is 0.920 bits per heavy atom. The van der Waals surface area contributed by atoms with E-state index in [9.17, 15) is 5.48 Å². The molecule has 7 aromatic carbocycles. The molecule has 0 saturated carbocycles. The molecule has 0 aliphatic rings. The first-order valence-electron chi connectivity index (χ1n) is 20.1. The Kier molecular flexibility index (Phi) is 4.83. The van der Waals surface area contributed by atoms with E-state index in [4.69, 9.17) is 20.4 Å². The molecule has 0 saturated heterocycles. The molecule has 234 valence electrons. The molecule has 0 aliphatic heterocycles. The second-order valence-corrected chi connectivity index (χ2v) is 11.9. The van der Waals surface area contributed by atoms with Crippen LogP contribution in [0.2, 0.25) is 0 Å². The van der Waals surface area contributed by atoms with Gasteiger partial charge in [0.15, 0.2) is 11.6 Å². The Hall–Kier alpha value is -6.85. The Bertz CT molecular complexity index is 3310. The van der Waals surface area contributed by atoms with Crippen molar-refractivity contribution in [3.63, 3.8) is 0 Å². The van der Waals surface area contributed by atoms with Crippen molar-refractivity contribution in [3.05, 3.63) is 176 Å². The van der Waals surface area contributed by atoms with Gasteiger partial charge in [-0.25, -0.2) is 4.98 Å². The minimum absolute atomic E-state index is 0.0549. The van der Waals surface area contributed by atoms with Crippen molar-refractivity contribution in [1.29, 1.82) is 0 Å². The Morgan fingerprint density at radius 3 is 1.58 bits per heavy atom. The SMILES string of the molecule is [2H]c1cc([2H])c2c(c1[2H])c1c([2H])c([2H])c3c4c([2H])c([2H])cc([2H])c4n(-c4nc(-c5ccccc5)nc(-c5cccc(-c6ccccc6)c5)n4)c3c1n2-c1ccccc1. The summed E-state index contributed by atoms with van der Waals surface area (Å²) >= 11 is 0. The third-order valence-corrected chi connectivity index (χ3v) is 8.93. The van der Waals surface area contributed by atoms with Gasteiger partial charge < -0.3 is 4.57 Å². The van der Waals surface area contributed by atoms with Crippen molar-refractivity contribution in [2.45, 2.75) is 0 Å². The highest BCUT2D eigenvalue weighted by Gasteiger charge is 2.23. The average Bonchev–Trinajstić information content (AvgIpc) is 3.81. The van der Waals surface area contributed by atoms with E-state index in [1.54, 1.807) is 9.13 Å². The highest BCUT2D eigenvalue weighted by molar-refractivity contribution is 6.23. The number of hydrogen-bond donors (Lipinski definition) is 0. The van der Waals surface area contributed by atoms with Gasteiger partial charge in [0.25, 0.3) is 0 Å². The van der Waals surface area contributed by atoms with Gasteiger partial charge in [-0.2, -0.15) is 9.97 Å². The van der Waals surface area contributed by atoms with Gasteiger partial charge in [-0.15, -0.1) is 0 Å². The van der Waals surface area contributed by atoms with Gasteiger partial charge in [0.2, 0.25) is 5.95 Å². The molecule has 0 unspecified atom stereocenters. The fourth-order valence-corrected chi connectivity index (χ4v) is 6.72. The zero-order valence-corrected chi connectivity index (χ0v) is 26.4. The lowest BCUT2D eigenvalue weighted by Crippen LogP contribution is -2.07. The lowest BCUT2D eigenvalue weighted by molar-refractivity contribution is 0.953. The number of hydrogen-bond acceptors (Lipinski definition) is 3. The third-order valence-electron chi connectivity index (χ3n) is 8.93. The standard InChI is InChI=1S/C45H29N5/c1-4-15-30(16-5-1)32-19-14-20-33(29-32)44-46-43(31-17-6-2-7-18-31)47-45(48-44)50-40-26-13-11-24-36(40)38-28-27-37-35-23-10-12-25-39(35)49(41(37)42(38)50)34-21-8-3-9-22-34/h1-29H/i10D,11D,23D,24D,25D,26D,27D,28D. The summed E-state index contributed by atoms with van der Waals surface area (Å²) in [4.78, 5) is 15.1. The van der Waals surface area contributed by atoms with Crippen LogP contribution in [0.1, 0.15) is 11.0 Å². The first kappa shape index (κ1) is 21.2. The summed E-state index contributed by atoms with van der Waals surface area (Å²) in [6.45, 7) is 0. The van der Waals surface area contributed by atoms with Crippen LogP contribution < -0.4 is 0 Å². The maximum absolute atomic E-state index is 9.57. The van der Waals surface area contributed by atoms with Crippen LogP contribution in [0.4, 0.5) is 0 Å². The molecular weight excluding hydrogens is 611 g/mol. The summed E-state index contributed by atoms with van der Waals surface area (Å²) in [7, 11) is 0. The Balaban J connectivity index is 1.44. The van der Waals surface area contributed by atoms with Gasteiger partial charge in [-0.05, 0) is 41.4 Å². The predicted octanol–water partition coefficient (Wildman–Crippen LogP) is 11.1. The van der Waals surface area contributed by atoms with Crippen LogP contribution in [0.5, 0.6) is 0 Å². The molecule has 0 atom stereocenters. The van der Waals surface area contributed by atoms with E-state index >= 15 is 0 Å². The molecule has 0 fully saturated rings. The van der Waals surface area contributed by atoms with Crippen molar-refractivity contribution in [3.8, 4) is 45.5 Å². The fourth-order valence-electron chi connectivity index (χ4n) is 6.72. The van der Waals surface area contributed by atoms with Crippen LogP contribution in [-0.4, -0.2) is 24.1 Å². The molecule has 0 N–H and O–H groups in total. The van der Waals surface area contributed by atoms with Gasteiger partial charge >= 0.3 is 0 Å². The summed E-state index contributed by atoms with van der Waals surface area (Å²) in [6, 6.07) is 37.2. The zero-order chi connectivity index (χ0) is 40.0. The highest BCUT2D eigenvalue weighted by Crippen LogP contribution is 2.41. The number of aromatic nitrogens is 5. The lowest BCUT2D eigenvalue weighted by atomic mass is 10.0. The van der Waals surface area contributed by atoms with Crippen LogP contribution in [-0.2, 0) is 0 Å². The maximum atomic E-state index is 9.57. The molecule has 10 rings (SSSR count). The molecule has 10 aromatic rings. The quantitative estimate of drug-likeness (QED) is 0.187. The van der Waals surface area contributed by atoms with Crippen LogP contribution in [0, 0.1) is 0 Å². The predicted molar refractivity (Wildman–Crippen MR) is 205 cm³/mol. The minimum atomic E-state index is -0.300.